The molecular formula is C20H23N3O4S. The molecule has 2 aromatic carbocycles. The zero-order valence-corrected chi connectivity index (χ0v) is 16.0. The first kappa shape index (κ1) is 21.5. The van der Waals surface area contributed by atoms with Gasteiger partial charge in [-0.3, -0.25) is 14.4 Å². The van der Waals surface area contributed by atoms with Crippen LogP contribution in [0.3, 0.4) is 0 Å². The number of aliphatic carboxylic acids is 1. The summed E-state index contributed by atoms with van der Waals surface area (Å²) >= 11 is 1.49. The summed E-state index contributed by atoms with van der Waals surface area (Å²) in [7, 11) is 0. The van der Waals surface area contributed by atoms with Gasteiger partial charge < -0.3 is 21.5 Å². The van der Waals surface area contributed by atoms with Crippen molar-refractivity contribution >= 4 is 29.5 Å². The highest BCUT2D eigenvalue weighted by molar-refractivity contribution is 7.99. The molecule has 5 N–H and O–H groups in total. The average Bonchev–Trinajstić information content (AvgIpc) is 2.72. The molecule has 0 aliphatic rings. The first-order chi connectivity index (χ1) is 13.5. The molecule has 0 aromatic heterocycles. The van der Waals surface area contributed by atoms with Crippen LogP contribution in [0.1, 0.15) is 16.4 Å². The predicted octanol–water partition coefficient (Wildman–Crippen LogP) is 1.15. The second kappa shape index (κ2) is 11.1. The van der Waals surface area contributed by atoms with Gasteiger partial charge in [-0.1, -0.05) is 60.7 Å². The van der Waals surface area contributed by atoms with Gasteiger partial charge in [0.25, 0.3) is 0 Å². The van der Waals surface area contributed by atoms with E-state index >= 15 is 0 Å². The topological polar surface area (TPSA) is 122 Å². The fourth-order valence-corrected chi connectivity index (χ4v) is 3.87. The number of thioether (sulfide) groups is 1. The van der Waals surface area contributed by atoms with E-state index < -0.39 is 30.4 Å². The van der Waals surface area contributed by atoms with E-state index in [9.17, 15) is 14.4 Å². The molecule has 0 aliphatic heterocycles. The maximum absolute atomic E-state index is 12.3. The Morgan fingerprint density at radius 1 is 0.964 bits per heavy atom. The van der Waals surface area contributed by atoms with Crippen LogP contribution in [0.25, 0.3) is 0 Å². The van der Waals surface area contributed by atoms with Gasteiger partial charge in [0.15, 0.2) is 0 Å². The van der Waals surface area contributed by atoms with Crippen LogP contribution in [0.2, 0.25) is 0 Å². The van der Waals surface area contributed by atoms with Gasteiger partial charge in [-0.15, -0.1) is 11.8 Å². The molecule has 0 bridgehead atoms. The summed E-state index contributed by atoms with van der Waals surface area (Å²) < 4.78 is 0. The number of nitrogens with one attached hydrogen (secondary N) is 2. The molecule has 0 aliphatic carbocycles. The zero-order valence-electron chi connectivity index (χ0n) is 15.2. The second-order valence-corrected chi connectivity index (χ2v) is 7.11. The quantitative estimate of drug-likeness (QED) is 0.474. The molecule has 0 spiro atoms. The fourth-order valence-electron chi connectivity index (χ4n) is 2.56. The summed E-state index contributed by atoms with van der Waals surface area (Å²) in [5.74, 6) is -1.94. The Morgan fingerprint density at radius 2 is 1.50 bits per heavy atom. The molecule has 28 heavy (non-hydrogen) atoms. The van der Waals surface area contributed by atoms with E-state index in [0.717, 1.165) is 11.1 Å². The van der Waals surface area contributed by atoms with Crippen molar-refractivity contribution in [3.8, 4) is 0 Å². The number of hydrogen-bond donors (Lipinski definition) is 4. The minimum absolute atomic E-state index is 0.0491. The van der Waals surface area contributed by atoms with Crippen LogP contribution in [0.15, 0.2) is 60.7 Å². The molecular weight excluding hydrogens is 378 g/mol. The third-order valence-electron chi connectivity index (χ3n) is 3.89. The predicted molar refractivity (Wildman–Crippen MR) is 109 cm³/mol. The van der Waals surface area contributed by atoms with Crippen molar-refractivity contribution < 1.29 is 19.5 Å². The smallest absolute Gasteiger partial charge is 0.322 e. The highest BCUT2D eigenvalue weighted by Gasteiger charge is 2.24. The van der Waals surface area contributed by atoms with Crippen molar-refractivity contribution in [1.29, 1.82) is 0 Å². The molecule has 0 saturated heterocycles. The Morgan fingerprint density at radius 3 is 1.96 bits per heavy atom. The molecule has 0 unspecified atom stereocenters. The van der Waals surface area contributed by atoms with Crippen molar-refractivity contribution in [3.05, 3.63) is 71.8 Å². The number of carbonyl (C=O) groups excluding carboxylic acids is 2. The van der Waals surface area contributed by atoms with Crippen LogP contribution in [-0.4, -0.2) is 47.8 Å². The summed E-state index contributed by atoms with van der Waals surface area (Å²) in [6.45, 7) is -0.770. The van der Waals surface area contributed by atoms with E-state index in [-0.39, 0.29) is 17.5 Å². The van der Waals surface area contributed by atoms with Gasteiger partial charge in [0.05, 0.1) is 11.8 Å². The summed E-state index contributed by atoms with van der Waals surface area (Å²) in [4.78, 5) is 34.8. The first-order valence-electron chi connectivity index (χ1n) is 8.71. The maximum Gasteiger partial charge on any atom is 0.322 e. The molecule has 7 nitrogen and oxygen atoms in total. The average molecular weight is 401 g/mol. The van der Waals surface area contributed by atoms with Crippen LogP contribution in [0, 0.1) is 0 Å². The molecule has 1 atom stereocenters. The molecule has 8 heteroatoms. The summed E-state index contributed by atoms with van der Waals surface area (Å²) in [6.07, 6.45) is 0. The summed E-state index contributed by atoms with van der Waals surface area (Å²) in [5.41, 5.74) is 7.46. The fraction of sp³-hybridized carbons (Fsp3) is 0.250. The number of hydrogen-bond acceptors (Lipinski definition) is 5. The summed E-state index contributed by atoms with van der Waals surface area (Å²) in [6, 6.07) is 18.8. The molecule has 2 amide bonds. The van der Waals surface area contributed by atoms with Gasteiger partial charge in [-0.25, -0.2) is 0 Å². The number of benzene rings is 2. The maximum atomic E-state index is 12.3. The summed E-state index contributed by atoms with van der Waals surface area (Å²) in [5, 5.41) is 13.6. The molecule has 0 heterocycles. The van der Waals surface area contributed by atoms with Gasteiger partial charge >= 0.3 is 5.97 Å². The number of nitrogens with two attached hydrogens (primary N) is 1. The van der Waals surface area contributed by atoms with E-state index in [0.29, 0.717) is 0 Å². The van der Waals surface area contributed by atoms with Crippen LogP contribution >= 0.6 is 11.8 Å². The van der Waals surface area contributed by atoms with Crippen molar-refractivity contribution in [2.24, 2.45) is 5.73 Å². The lowest BCUT2D eigenvalue weighted by molar-refractivity contribution is -0.138. The van der Waals surface area contributed by atoms with E-state index in [4.69, 9.17) is 10.8 Å². The zero-order chi connectivity index (χ0) is 20.4. The molecule has 2 rings (SSSR count). The minimum atomic E-state index is -1.16. The van der Waals surface area contributed by atoms with E-state index in [1.165, 1.54) is 11.8 Å². The van der Waals surface area contributed by atoms with Crippen LogP contribution in [0.5, 0.6) is 0 Å². The monoisotopic (exact) mass is 401 g/mol. The number of rotatable bonds is 10. The Labute approximate surface area is 167 Å². The highest BCUT2D eigenvalue weighted by atomic mass is 32.2. The van der Waals surface area contributed by atoms with Crippen molar-refractivity contribution in [3.63, 3.8) is 0 Å². The Hall–Kier alpha value is -2.84. The Bertz CT molecular complexity index is 747. The van der Waals surface area contributed by atoms with Gasteiger partial charge in [-0.2, -0.15) is 0 Å². The molecule has 0 fully saturated rings. The molecule has 2 aromatic rings. The van der Waals surface area contributed by atoms with Gasteiger partial charge in [0, 0.05) is 5.75 Å². The van der Waals surface area contributed by atoms with Gasteiger partial charge in [-0.05, 0) is 11.1 Å². The lowest BCUT2D eigenvalue weighted by atomic mass is 10.0. The number of carbonyl (C=O) groups is 3. The van der Waals surface area contributed by atoms with Crippen LogP contribution in [0.4, 0.5) is 0 Å². The number of carboxylic acids is 1. The Balaban J connectivity index is 2.16. The second-order valence-electron chi connectivity index (χ2n) is 5.97. The standard InChI is InChI=1S/C20H23N3O4S/c21-11-17(24)23-16(20(27)22-12-18(25)26)13-28-19(14-7-3-1-4-8-14)15-9-5-2-6-10-15/h1-10,16,19H,11-13,21H2,(H,22,27)(H,23,24)(H,25,26)/t16-/m0/s1. The SMILES string of the molecule is NCC(=O)N[C@@H](CSC(c1ccccc1)c1ccccc1)C(=O)NCC(=O)O. The third-order valence-corrected chi connectivity index (χ3v) is 5.29. The molecule has 148 valence electrons. The number of amides is 2. The first-order valence-corrected chi connectivity index (χ1v) is 9.76. The van der Waals surface area contributed by atoms with E-state index in [2.05, 4.69) is 10.6 Å². The number of carboxylic acid groups (broad SMARTS) is 1. The van der Waals surface area contributed by atoms with E-state index in [1.54, 1.807) is 0 Å². The van der Waals surface area contributed by atoms with Gasteiger partial charge in [0.2, 0.25) is 11.8 Å². The molecule has 0 saturated carbocycles. The molecule has 0 radical (unpaired) electrons. The van der Waals surface area contributed by atoms with Crippen LogP contribution in [-0.2, 0) is 14.4 Å². The van der Waals surface area contributed by atoms with E-state index in [1.807, 2.05) is 60.7 Å². The van der Waals surface area contributed by atoms with Crippen LogP contribution < -0.4 is 16.4 Å². The minimum Gasteiger partial charge on any atom is -0.480 e. The van der Waals surface area contributed by atoms with Gasteiger partial charge in [0.1, 0.15) is 12.6 Å². The highest BCUT2D eigenvalue weighted by Crippen LogP contribution is 2.35. The lowest BCUT2D eigenvalue weighted by Crippen LogP contribution is -2.50. The Kier molecular flexibility index (Phi) is 8.51. The normalized spacial score (nSPS) is 11.6. The van der Waals surface area contributed by atoms with Crippen molar-refractivity contribution in [2.45, 2.75) is 11.3 Å². The lowest BCUT2D eigenvalue weighted by Gasteiger charge is -2.22. The van der Waals surface area contributed by atoms with Crippen molar-refractivity contribution in [1.82, 2.24) is 10.6 Å². The largest absolute Gasteiger partial charge is 0.480 e. The van der Waals surface area contributed by atoms with Crippen molar-refractivity contribution in [2.75, 3.05) is 18.8 Å². The third kappa shape index (κ3) is 6.71.